The summed E-state index contributed by atoms with van der Waals surface area (Å²) in [7, 11) is 1.39. The van der Waals surface area contributed by atoms with Gasteiger partial charge in [0.2, 0.25) is 0 Å². The second kappa shape index (κ2) is 8.35. The van der Waals surface area contributed by atoms with E-state index in [1.807, 2.05) is 48.7 Å². The number of Topliss-reactive ketones (excluding diaryl/α,β-unsaturated/α-hetero) is 1. The van der Waals surface area contributed by atoms with E-state index in [9.17, 15) is 19.1 Å². The number of thiophene rings is 1. The second-order valence-corrected chi connectivity index (χ2v) is 8.24. The van der Waals surface area contributed by atoms with Gasteiger partial charge in [-0.25, -0.2) is 4.39 Å². The first-order valence-corrected chi connectivity index (χ1v) is 10.5. The molecule has 31 heavy (non-hydrogen) atoms. The Morgan fingerprint density at radius 1 is 1.16 bits per heavy atom. The lowest BCUT2D eigenvalue weighted by Gasteiger charge is -2.26. The van der Waals surface area contributed by atoms with Crippen LogP contribution in [0.25, 0.3) is 5.76 Å². The average molecular weight is 437 g/mol. The molecule has 2 heterocycles. The van der Waals surface area contributed by atoms with E-state index in [0.29, 0.717) is 0 Å². The maximum absolute atomic E-state index is 14.0. The normalized spacial score (nSPS) is 17.9. The summed E-state index contributed by atoms with van der Waals surface area (Å²) >= 11 is 1.48. The van der Waals surface area contributed by atoms with Crippen LogP contribution >= 0.6 is 11.3 Å². The lowest BCUT2D eigenvalue weighted by atomic mass is 9.92. The van der Waals surface area contributed by atoms with Crippen LogP contribution in [0.1, 0.15) is 27.6 Å². The van der Waals surface area contributed by atoms with Crippen molar-refractivity contribution < 1.29 is 23.8 Å². The number of hydrogen-bond donors (Lipinski definition) is 1. The highest BCUT2D eigenvalue weighted by Crippen LogP contribution is 2.42. The standard InChI is InChI=1S/C24H20FNO4S/c1-14-6-3-4-8-17(14)21-20(22(27)18-12-15(25)9-10-19(18)30-2)23(28)24(29)26(21)13-16-7-5-11-31-16/h3-12,21,27H,13H2,1-2H3/b22-20+. The fourth-order valence-corrected chi connectivity index (χ4v) is 4.54. The highest BCUT2D eigenvalue weighted by Gasteiger charge is 2.46. The van der Waals surface area contributed by atoms with E-state index in [0.717, 1.165) is 22.1 Å². The van der Waals surface area contributed by atoms with E-state index in [-0.39, 0.29) is 23.4 Å². The molecule has 0 spiro atoms. The molecule has 0 radical (unpaired) electrons. The molecule has 5 nitrogen and oxygen atoms in total. The molecule has 1 aliphatic rings. The highest BCUT2D eigenvalue weighted by atomic mass is 32.1. The van der Waals surface area contributed by atoms with Gasteiger partial charge >= 0.3 is 0 Å². The number of methoxy groups -OCH3 is 1. The summed E-state index contributed by atoms with van der Waals surface area (Å²) in [6.07, 6.45) is 0. The van der Waals surface area contributed by atoms with E-state index in [1.165, 1.54) is 35.5 Å². The monoisotopic (exact) mass is 437 g/mol. The van der Waals surface area contributed by atoms with Gasteiger partial charge in [0.25, 0.3) is 11.7 Å². The number of aryl methyl sites for hydroxylation is 1. The molecule has 1 unspecified atom stereocenters. The fourth-order valence-electron chi connectivity index (χ4n) is 3.84. The van der Waals surface area contributed by atoms with Gasteiger partial charge in [-0.2, -0.15) is 0 Å². The van der Waals surface area contributed by atoms with Crippen LogP contribution in [0.3, 0.4) is 0 Å². The van der Waals surface area contributed by atoms with Crippen LogP contribution in [-0.4, -0.2) is 28.8 Å². The molecule has 3 aromatic rings. The van der Waals surface area contributed by atoms with Crippen molar-refractivity contribution in [1.29, 1.82) is 0 Å². The Morgan fingerprint density at radius 3 is 2.61 bits per heavy atom. The topological polar surface area (TPSA) is 66.8 Å². The number of carbonyl (C=O) groups is 2. The molecule has 0 aliphatic carbocycles. The van der Waals surface area contributed by atoms with Crippen molar-refractivity contribution in [2.75, 3.05) is 7.11 Å². The van der Waals surface area contributed by atoms with Gasteiger partial charge in [0, 0.05) is 4.88 Å². The number of aliphatic hydroxyl groups is 1. The Balaban J connectivity index is 1.94. The Hall–Kier alpha value is -3.45. The number of hydrogen-bond acceptors (Lipinski definition) is 5. The van der Waals surface area contributed by atoms with Crippen molar-refractivity contribution in [3.8, 4) is 5.75 Å². The summed E-state index contributed by atoms with van der Waals surface area (Å²) in [5.41, 5.74) is 1.52. The van der Waals surface area contributed by atoms with Gasteiger partial charge < -0.3 is 14.7 Å². The van der Waals surface area contributed by atoms with Crippen molar-refractivity contribution in [2.45, 2.75) is 19.5 Å². The molecular weight excluding hydrogens is 417 g/mol. The first kappa shape index (κ1) is 20.8. The summed E-state index contributed by atoms with van der Waals surface area (Å²) < 4.78 is 19.2. The van der Waals surface area contributed by atoms with Gasteiger partial charge in [-0.15, -0.1) is 11.3 Å². The maximum atomic E-state index is 14.0. The molecule has 1 aliphatic heterocycles. The third-order valence-electron chi connectivity index (χ3n) is 5.35. The summed E-state index contributed by atoms with van der Waals surface area (Å²) in [4.78, 5) is 28.5. The van der Waals surface area contributed by atoms with Crippen LogP contribution in [0.2, 0.25) is 0 Å². The van der Waals surface area contributed by atoms with E-state index in [1.54, 1.807) is 0 Å². The predicted octanol–water partition coefficient (Wildman–Crippen LogP) is 4.83. The van der Waals surface area contributed by atoms with Crippen LogP contribution in [0.5, 0.6) is 5.75 Å². The van der Waals surface area contributed by atoms with Gasteiger partial charge in [-0.05, 0) is 47.7 Å². The van der Waals surface area contributed by atoms with Gasteiger partial charge in [0.05, 0.1) is 30.8 Å². The minimum atomic E-state index is -0.811. The number of ketones is 1. The number of benzene rings is 2. The zero-order valence-electron chi connectivity index (χ0n) is 17.0. The van der Waals surface area contributed by atoms with E-state index < -0.39 is 29.3 Å². The van der Waals surface area contributed by atoms with Gasteiger partial charge in [-0.1, -0.05) is 30.3 Å². The number of likely N-dealkylation sites (tertiary alicyclic amines) is 1. The molecule has 1 atom stereocenters. The number of aliphatic hydroxyl groups excluding tert-OH is 1. The number of rotatable bonds is 5. The van der Waals surface area contributed by atoms with Crippen molar-refractivity contribution in [3.05, 3.63) is 92.9 Å². The lowest BCUT2D eigenvalue weighted by Crippen LogP contribution is -2.29. The lowest BCUT2D eigenvalue weighted by molar-refractivity contribution is -0.140. The minimum Gasteiger partial charge on any atom is -0.507 e. The molecular formula is C24H20FNO4S. The number of amides is 1. The smallest absolute Gasteiger partial charge is 0.295 e. The van der Waals surface area contributed by atoms with Crippen LogP contribution in [0, 0.1) is 12.7 Å². The molecule has 4 rings (SSSR count). The quantitative estimate of drug-likeness (QED) is 0.353. The summed E-state index contributed by atoms with van der Waals surface area (Å²) in [5, 5.41) is 13.0. The summed E-state index contributed by atoms with van der Waals surface area (Å²) in [6.45, 7) is 2.10. The zero-order chi connectivity index (χ0) is 22.1. The van der Waals surface area contributed by atoms with E-state index in [2.05, 4.69) is 0 Å². The molecule has 158 valence electrons. The number of carbonyl (C=O) groups excluding carboxylic acids is 2. The first-order chi connectivity index (χ1) is 14.9. The first-order valence-electron chi connectivity index (χ1n) is 9.62. The van der Waals surface area contributed by atoms with Crippen LogP contribution < -0.4 is 4.74 Å². The molecule has 7 heteroatoms. The molecule has 1 aromatic heterocycles. The fraction of sp³-hybridized carbons (Fsp3) is 0.167. The molecule has 1 amide bonds. The third kappa shape index (κ3) is 3.72. The predicted molar refractivity (Wildman–Crippen MR) is 116 cm³/mol. The molecule has 1 N–H and O–H groups in total. The number of nitrogens with zero attached hydrogens (tertiary/aromatic N) is 1. The molecule has 2 aromatic carbocycles. The van der Waals surface area contributed by atoms with Gasteiger partial charge in [0.15, 0.2) is 0 Å². The summed E-state index contributed by atoms with van der Waals surface area (Å²) in [6, 6.07) is 14.0. The van der Waals surface area contributed by atoms with Crippen molar-refractivity contribution in [1.82, 2.24) is 4.90 Å². The Morgan fingerprint density at radius 2 is 1.94 bits per heavy atom. The SMILES string of the molecule is COc1ccc(F)cc1/C(O)=C1\C(=O)C(=O)N(Cc2cccs2)C1c1ccccc1C. The largest absolute Gasteiger partial charge is 0.507 e. The van der Waals surface area contributed by atoms with Crippen molar-refractivity contribution >= 4 is 28.8 Å². The van der Waals surface area contributed by atoms with Crippen molar-refractivity contribution in [3.63, 3.8) is 0 Å². The number of halogens is 1. The van der Waals surface area contributed by atoms with Crippen LogP contribution in [0.4, 0.5) is 4.39 Å². The Bertz CT molecular complexity index is 1190. The van der Waals surface area contributed by atoms with Gasteiger partial charge in [-0.3, -0.25) is 9.59 Å². The molecule has 0 bridgehead atoms. The minimum absolute atomic E-state index is 0.0233. The van der Waals surface area contributed by atoms with Crippen molar-refractivity contribution in [2.24, 2.45) is 0 Å². The maximum Gasteiger partial charge on any atom is 0.295 e. The molecule has 1 fully saturated rings. The highest BCUT2D eigenvalue weighted by molar-refractivity contribution is 7.09. The average Bonchev–Trinajstić information content (AvgIpc) is 3.36. The summed E-state index contributed by atoms with van der Waals surface area (Å²) in [5.74, 6) is -2.38. The van der Waals surface area contributed by atoms with E-state index >= 15 is 0 Å². The third-order valence-corrected chi connectivity index (χ3v) is 6.21. The molecule has 0 saturated carbocycles. The number of ether oxygens (including phenoxy) is 1. The van der Waals surface area contributed by atoms with E-state index in [4.69, 9.17) is 4.74 Å². The second-order valence-electron chi connectivity index (χ2n) is 7.21. The zero-order valence-corrected chi connectivity index (χ0v) is 17.8. The van der Waals surface area contributed by atoms with Gasteiger partial charge in [0.1, 0.15) is 17.3 Å². The molecule has 1 saturated heterocycles. The van der Waals surface area contributed by atoms with Crippen LogP contribution in [0.15, 0.2) is 65.6 Å². The Kier molecular flexibility index (Phi) is 5.61. The Labute approximate surface area is 183 Å². The van der Waals surface area contributed by atoms with Crippen LogP contribution in [-0.2, 0) is 16.1 Å².